The molecule has 1 aromatic carbocycles. The lowest BCUT2D eigenvalue weighted by Crippen LogP contribution is -2.07. The molecule has 1 nitrogen and oxygen atoms in total. The van der Waals surface area contributed by atoms with Crippen molar-refractivity contribution in [2.24, 2.45) is 5.92 Å². The van der Waals surface area contributed by atoms with Crippen LogP contribution in [0.5, 0.6) is 5.75 Å². The summed E-state index contributed by atoms with van der Waals surface area (Å²) in [4.78, 5) is 0. The van der Waals surface area contributed by atoms with Gasteiger partial charge < -0.3 is 4.74 Å². The lowest BCUT2D eigenvalue weighted by atomic mass is 10.1. The lowest BCUT2D eigenvalue weighted by molar-refractivity contribution is 0.267. The van der Waals surface area contributed by atoms with E-state index in [1.54, 1.807) is 0 Å². The second-order valence-corrected chi connectivity index (χ2v) is 4.91. The van der Waals surface area contributed by atoms with Crippen molar-refractivity contribution in [3.63, 3.8) is 0 Å². The Kier molecular flexibility index (Phi) is 2.99. The first-order valence-electron chi connectivity index (χ1n) is 5.92. The van der Waals surface area contributed by atoms with Crippen LogP contribution in [0.25, 0.3) is 0 Å². The van der Waals surface area contributed by atoms with Crippen molar-refractivity contribution in [2.75, 3.05) is 6.61 Å². The standard InChI is InChI=1S/C14H20O/c1-10(2)9-15-14-11(3)7-8-12-5-4-6-13(12)14/h7-8,10H,4-6,9H2,1-3H3. The average molecular weight is 204 g/mol. The molecule has 0 aliphatic heterocycles. The van der Waals surface area contributed by atoms with Gasteiger partial charge in [0.1, 0.15) is 5.75 Å². The molecular weight excluding hydrogens is 184 g/mol. The van der Waals surface area contributed by atoms with E-state index in [1.807, 2.05) is 0 Å². The van der Waals surface area contributed by atoms with E-state index in [2.05, 4.69) is 32.9 Å². The first kappa shape index (κ1) is 10.5. The summed E-state index contributed by atoms with van der Waals surface area (Å²) in [6.45, 7) is 7.36. The van der Waals surface area contributed by atoms with Crippen LogP contribution in [-0.2, 0) is 12.8 Å². The van der Waals surface area contributed by atoms with Crippen LogP contribution in [0.4, 0.5) is 0 Å². The first-order valence-corrected chi connectivity index (χ1v) is 5.92. The molecule has 0 N–H and O–H groups in total. The maximum atomic E-state index is 5.94. The van der Waals surface area contributed by atoms with Gasteiger partial charge in [0.15, 0.2) is 0 Å². The summed E-state index contributed by atoms with van der Waals surface area (Å²) in [5.74, 6) is 1.76. The Morgan fingerprint density at radius 1 is 1.27 bits per heavy atom. The number of rotatable bonds is 3. The molecular formula is C14H20O. The third-order valence-electron chi connectivity index (χ3n) is 2.99. The van der Waals surface area contributed by atoms with Crippen molar-refractivity contribution in [1.29, 1.82) is 0 Å². The molecule has 0 spiro atoms. The number of hydrogen-bond acceptors (Lipinski definition) is 1. The smallest absolute Gasteiger partial charge is 0.125 e. The maximum Gasteiger partial charge on any atom is 0.125 e. The van der Waals surface area contributed by atoms with Crippen LogP contribution in [0.2, 0.25) is 0 Å². The second kappa shape index (κ2) is 4.26. The average Bonchev–Trinajstić information content (AvgIpc) is 2.63. The Labute approximate surface area is 92.5 Å². The minimum absolute atomic E-state index is 0.599. The maximum absolute atomic E-state index is 5.94. The molecule has 0 unspecified atom stereocenters. The van der Waals surface area contributed by atoms with E-state index in [1.165, 1.54) is 41.7 Å². The molecule has 15 heavy (non-hydrogen) atoms. The molecule has 0 heterocycles. The van der Waals surface area contributed by atoms with Crippen LogP contribution in [0.1, 0.15) is 37.0 Å². The van der Waals surface area contributed by atoms with Crippen molar-refractivity contribution in [3.8, 4) is 5.75 Å². The first-order chi connectivity index (χ1) is 7.18. The van der Waals surface area contributed by atoms with Crippen LogP contribution >= 0.6 is 0 Å². The van der Waals surface area contributed by atoms with Gasteiger partial charge in [0, 0.05) is 0 Å². The van der Waals surface area contributed by atoms with Crippen LogP contribution in [0.3, 0.4) is 0 Å². The minimum atomic E-state index is 0.599. The third kappa shape index (κ3) is 2.17. The topological polar surface area (TPSA) is 9.23 Å². The van der Waals surface area contributed by atoms with Crippen LogP contribution in [0.15, 0.2) is 12.1 Å². The number of benzene rings is 1. The van der Waals surface area contributed by atoms with Gasteiger partial charge in [0.2, 0.25) is 0 Å². The number of fused-ring (bicyclic) bond motifs is 1. The monoisotopic (exact) mass is 204 g/mol. The molecule has 0 fully saturated rings. The summed E-state index contributed by atoms with van der Waals surface area (Å²) < 4.78 is 5.94. The van der Waals surface area contributed by atoms with Gasteiger partial charge in [0.05, 0.1) is 6.61 Å². The largest absolute Gasteiger partial charge is 0.493 e. The molecule has 1 aliphatic rings. The molecule has 1 heteroatoms. The fraction of sp³-hybridized carbons (Fsp3) is 0.571. The van der Waals surface area contributed by atoms with Crippen molar-refractivity contribution in [1.82, 2.24) is 0 Å². The predicted octanol–water partition coefficient (Wildman–Crippen LogP) is 3.52. The zero-order valence-electron chi connectivity index (χ0n) is 9.97. The molecule has 0 amide bonds. The SMILES string of the molecule is Cc1ccc2c(c1OCC(C)C)CCC2. The fourth-order valence-corrected chi connectivity index (χ4v) is 2.20. The molecule has 82 valence electrons. The molecule has 0 saturated carbocycles. The summed E-state index contributed by atoms with van der Waals surface area (Å²) in [5, 5.41) is 0. The van der Waals surface area contributed by atoms with Crippen LogP contribution in [-0.4, -0.2) is 6.61 Å². The molecule has 0 saturated heterocycles. The van der Waals surface area contributed by atoms with E-state index in [-0.39, 0.29) is 0 Å². The molecule has 0 atom stereocenters. The molecule has 1 aromatic rings. The normalized spacial score (nSPS) is 14.4. The molecule has 0 aromatic heterocycles. The number of aryl methyl sites for hydroxylation is 2. The third-order valence-corrected chi connectivity index (χ3v) is 2.99. The van der Waals surface area contributed by atoms with E-state index < -0.39 is 0 Å². The van der Waals surface area contributed by atoms with Crippen LogP contribution in [0, 0.1) is 12.8 Å². The van der Waals surface area contributed by atoms with Gasteiger partial charge in [0.25, 0.3) is 0 Å². The summed E-state index contributed by atoms with van der Waals surface area (Å²) in [5.41, 5.74) is 4.26. The zero-order valence-corrected chi connectivity index (χ0v) is 9.97. The van der Waals surface area contributed by atoms with Gasteiger partial charge in [-0.05, 0) is 48.8 Å². The second-order valence-electron chi connectivity index (χ2n) is 4.91. The van der Waals surface area contributed by atoms with E-state index in [9.17, 15) is 0 Å². The van der Waals surface area contributed by atoms with E-state index >= 15 is 0 Å². The van der Waals surface area contributed by atoms with Gasteiger partial charge in [-0.15, -0.1) is 0 Å². The quantitative estimate of drug-likeness (QED) is 0.732. The Hall–Kier alpha value is -0.980. The summed E-state index contributed by atoms with van der Waals surface area (Å²) in [7, 11) is 0. The van der Waals surface area contributed by atoms with Crippen LogP contribution < -0.4 is 4.74 Å². The minimum Gasteiger partial charge on any atom is -0.493 e. The van der Waals surface area contributed by atoms with Crippen molar-refractivity contribution in [2.45, 2.75) is 40.0 Å². The highest BCUT2D eigenvalue weighted by atomic mass is 16.5. The molecule has 1 aliphatic carbocycles. The molecule has 0 bridgehead atoms. The Morgan fingerprint density at radius 2 is 2.07 bits per heavy atom. The molecule has 0 radical (unpaired) electrons. The van der Waals surface area contributed by atoms with Crippen molar-refractivity contribution >= 4 is 0 Å². The Bertz CT molecular complexity index is 353. The highest BCUT2D eigenvalue weighted by molar-refractivity contribution is 5.48. The summed E-state index contributed by atoms with van der Waals surface area (Å²) in [6, 6.07) is 4.46. The van der Waals surface area contributed by atoms with Gasteiger partial charge in [-0.25, -0.2) is 0 Å². The summed E-state index contributed by atoms with van der Waals surface area (Å²) >= 11 is 0. The van der Waals surface area contributed by atoms with E-state index in [0.29, 0.717) is 5.92 Å². The summed E-state index contributed by atoms with van der Waals surface area (Å²) in [6.07, 6.45) is 3.72. The Balaban J connectivity index is 2.25. The fourth-order valence-electron chi connectivity index (χ4n) is 2.20. The van der Waals surface area contributed by atoms with E-state index in [4.69, 9.17) is 4.74 Å². The predicted molar refractivity (Wildman–Crippen MR) is 63.5 cm³/mol. The Morgan fingerprint density at radius 3 is 2.80 bits per heavy atom. The highest BCUT2D eigenvalue weighted by Crippen LogP contribution is 2.33. The lowest BCUT2D eigenvalue weighted by Gasteiger charge is -2.15. The van der Waals surface area contributed by atoms with Crippen molar-refractivity contribution < 1.29 is 4.74 Å². The molecule has 2 rings (SSSR count). The van der Waals surface area contributed by atoms with Gasteiger partial charge in [-0.2, -0.15) is 0 Å². The number of hydrogen-bond donors (Lipinski definition) is 0. The zero-order chi connectivity index (χ0) is 10.8. The number of ether oxygens (including phenoxy) is 1. The van der Waals surface area contributed by atoms with Crippen molar-refractivity contribution in [3.05, 3.63) is 28.8 Å². The van der Waals surface area contributed by atoms with E-state index in [0.717, 1.165) is 6.61 Å². The van der Waals surface area contributed by atoms with Gasteiger partial charge in [-0.3, -0.25) is 0 Å². The van der Waals surface area contributed by atoms with Gasteiger partial charge >= 0.3 is 0 Å². The van der Waals surface area contributed by atoms with Gasteiger partial charge in [-0.1, -0.05) is 26.0 Å². The highest BCUT2D eigenvalue weighted by Gasteiger charge is 2.17.